The Morgan fingerprint density at radius 2 is 2.00 bits per heavy atom. The summed E-state index contributed by atoms with van der Waals surface area (Å²) in [5.74, 6) is -0.100. The number of rotatable bonds is 3. The quantitative estimate of drug-likeness (QED) is 0.865. The van der Waals surface area contributed by atoms with E-state index in [0.29, 0.717) is 11.8 Å². The Hall–Kier alpha value is -1.94. The minimum Gasteiger partial charge on any atom is -0.273 e. The highest BCUT2D eigenvalue weighted by atomic mass is 35.5. The summed E-state index contributed by atoms with van der Waals surface area (Å²) in [4.78, 5) is 15.3. The number of benzene rings is 1. The summed E-state index contributed by atoms with van der Waals surface area (Å²) in [6.07, 6.45) is 4.69. The SMILES string of the molecule is CCCC(=O)/N=c1\ccn(-c2ccccc2)nc1.Cl. The van der Waals surface area contributed by atoms with Gasteiger partial charge in [-0.15, -0.1) is 12.4 Å². The number of hydrogen-bond acceptors (Lipinski definition) is 2. The van der Waals surface area contributed by atoms with Gasteiger partial charge in [-0.1, -0.05) is 25.1 Å². The van der Waals surface area contributed by atoms with Crippen LogP contribution in [-0.4, -0.2) is 15.7 Å². The maximum Gasteiger partial charge on any atom is 0.246 e. The van der Waals surface area contributed by atoms with Crippen LogP contribution >= 0.6 is 12.4 Å². The smallest absolute Gasteiger partial charge is 0.246 e. The van der Waals surface area contributed by atoms with Crippen LogP contribution in [0.3, 0.4) is 0 Å². The van der Waals surface area contributed by atoms with Gasteiger partial charge in [0.25, 0.3) is 0 Å². The van der Waals surface area contributed by atoms with E-state index < -0.39 is 0 Å². The summed E-state index contributed by atoms with van der Waals surface area (Å²) in [5.41, 5.74) is 0.976. The molecule has 100 valence electrons. The first-order valence-electron chi connectivity index (χ1n) is 5.97. The summed E-state index contributed by atoms with van der Waals surface area (Å²) in [6, 6.07) is 11.6. The molecule has 0 fully saturated rings. The Kier molecular flexibility index (Phi) is 5.96. The molecule has 0 aliphatic rings. The van der Waals surface area contributed by atoms with E-state index in [1.54, 1.807) is 23.1 Å². The van der Waals surface area contributed by atoms with E-state index in [4.69, 9.17) is 0 Å². The van der Waals surface area contributed by atoms with Crippen LogP contribution in [0.4, 0.5) is 0 Å². The first-order valence-corrected chi connectivity index (χ1v) is 5.97. The minimum absolute atomic E-state index is 0. The molecule has 0 unspecified atom stereocenters. The number of amides is 1. The largest absolute Gasteiger partial charge is 0.273 e. The van der Waals surface area contributed by atoms with Crippen molar-refractivity contribution in [3.8, 4) is 5.69 Å². The van der Waals surface area contributed by atoms with Crippen LogP contribution in [0.1, 0.15) is 19.8 Å². The lowest BCUT2D eigenvalue weighted by atomic mass is 10.3. The van der Waals surface area contributed by atoms with E-state index >= 15 is 0 Å². The van der Waals surface area contributed by atoms with Crippen LogP contribution < -0.4 is 5.36 Å². The van der Waals surface area contributed by atoms with Gasteiger partial charge in [-0.2, -0.15) is 5.10 Å². The van der Waals surface area contributed by atoms with Crippen molar-refractivity contribution in [1.82, 2.24) is 9.78 Å². The molecule has 0 saturated heterocycles. The van der Waals surface area contributed by atoms with Crippen LogP contribution in [0.2, 0.25) is 0 Å². The first kappa shape index (κ1) is 15.1. The number of nitrogens with zero attached hydrogens (tertiary/aromatic N) is 3. The third-order valence-corrected chi connectivity index (χ3v) is 2.44. The highest BCUT2D eigenvalue weighted by molar-refractivity contribution is 5.85. The molecule has 0 aliphatic carbocycles. The topological polar surface area (TPSA) is 47.2 Å². The van der Waals surface area contributed by atoms with Crippen molar-refractivity contribution in [2.75, 3.05) is 0 Å². The predicted octanol–water partition coefficient (Wildman–Crippen LogP) is 2.52. The fourth-order valence-corrected chi connectivity index (χ4v) is 1.56. The molecular formula is C14H16ClN3O. The van der Waals surface area contributed by atoms with Crippen molar-refractivity contribution >= 4 is 18.3 Å². The fraction of sp³-hybridized carbons (Fsp3) is 0.214. The molecule has 4 nitrogen and oxygen atoms in total. The Morgan fingerprint density at radius 1 is 1.26 bits per heavy atom. The summed E-state index contributed by atoms with van der Waals surface area (Å²) >= 11 is 0. The molecule has 0 bridgehead atoms. The summed E-state index contributed by atoms with van der Waals surface area (Å²) in [6.45, 7) is 1.96. The molecule has 5 heteroatoms. The highest BCUT2D eigenvalue weighted by Crippen LogP contribution is 2.02. The minimum atomic E-state index is -0.100. The van der Waals surface area contributed by atoms with E-state index in [2.05, 4.69) is 10.1 Å². The molecule has 1 amide bonds. The number of halogens is 1. The third kappa shape index (κ3) is 4.34. The van der Waals surface area contributed by atoms with Gasteiger partial charge in [0.05, 0.1) is 17.2 Å². The van der Waals surface area contributed by atoms with Crippen molar-refractivity contribution in [2.24, 2.45) is 4.99 Å². The molecule has 0 atom stereocenters. The second-order valence-corrected chi connectivity index (χ2v) is 3.92. The molecule has 0 N–H and O–H groups in total. The van der Waals surface area contributed by atoms with Gasteiger partial charge < -0.3 is 0 Å². The van der Waals surface area contributed by atoms with Gasteiger partial charge in [0.2, 0.25) is 5.91 Å². The second-order valence-electron chi connectivity index (χ2n) is 3.92. The zero-order chi connectivity index (χ0) is 12.8. The summed E-state index contributed by atoms with van der Waals surface area (Å²) in [5, 5.41) is 4.83. The molecule has 1 aromatic heterocycles. The summed E-state index contributed by atoms with van der Waals surface area (Å²) < 4.78 is 1.74. The third-order valence-electron chi connectivity index (χ3n) is 2.44. The summed E-state index contributed by atoms with van der Waals surface area (Å²) in [7, 11) is 0. The maximum absolute atomic E-state index is 11.4. The zero-order valence-corrected chi connectivity index (χ0v) is 11.5. The van der Waals surface area contributed by atoms with Crippen molar-refractivity contribution in [3.63, 3.8) is 0 Å². The predicted molar refractivity (Wildman–Crippen MR) is 76.3 cm³/mol. The molecule has 1 heterocycles. The lowest BCUT2D eigenvalue weighted by molar-refractivity contribution is -0.118. The van der Waals surface area contributed by atoms with Crippen LogP contribution in [0.5, 0.6) is 0 Å². The number of carbonyl (C=O) groups excluding carboxylic acids is 1. The van der Waals surface area contributed by atoms with Crippen LogP contribution in [-0.2, 0) is 4.79 Å². The second kappa shape index (κ2) is 7.48. The molecule has 2 aromatic rings. The molecule has 2 rings (SSSR count). The average molecular weight is 278 g/mol. The van der Waals surface area contributed by atoms with E-state index in [0.717, 1.165) is 12.1 Å². The van der Waals surface area contributed by atoms with Gasteiger partial charge in [-0.25, -0.2) is 9.67 Å². The normalized spacial score (nSPS) is 10.9. The average Bonchev–Trinajstić information content (AvgIpc) is 2.41. The Morgan fingerprint density at radius 3 is 2.58 bits per heavy atom. The van der Waals surface area contributed by atoms with Crippen LogP contribution in [0, 0.1) is 0 Å². The maximum atomic E-state index is 11.4. The molecule has 0 aliphatic heterocycles. The lowest BCUT2D eigenvalue weighted by Gasteiger charge is -2.03. The zero-order valence-electron chi connectivity index (χ0n) is 10.7. The van der Waals surface area contributed by atoms with Gasteiger partial charge in [-0.05, 0) is 24.6 Å². The number of para-hydroxylation sites is 1. The number of aromatic nitrogens is 2. The Labute approximate surface area is 118 Å². The Bertz CT molecular complexity index is 573. The Balaban J connectivity index is 0.00000180. The molecule has 0 radical (unpaired) electrons. The van der Waals surface area contributed by atoms with E-state index in [9.17, 15) is 4.79 Å². The van der Waals surface area contributed by atoms with Crippen molar-refractivity contribution in [3.05, 3.63) is 54.1 Å². The van der Waals surface area contributed by atoms with Gasteiger partial charge in [0.1, 0.15) is 0 Å². The number of hydrogen-bond donors (Lipinski definition) is 0. The lowest BCUT2D eigenvalue weighted by Crippen LogP contribution is -2.11. The van der Waals surface area contributed by atoms with Gasteiger partial charge in [0.15, 0.2) is 0 Å². The monoisotopic (exact) mass is 277 g/mol. The standard InChI is InChI=1S/C14H15N3O.ClH/c1-2-6-14(18)16-12-9-10-17(15-11-12)13-7-4-3-5-8-13;/h3-5,7-11H,2,6H2,1H3;1H/b16-12+;. The van der Waals surface area contributed by atoms with Gasteiger partial charge in [0, 0.05) is 12.6 Å². The highest BCUT2D eigenvalue weighted by Gasteiger charge is 1.96. The van der Waals surface area contributed by atoms with Crippen LogP contribution in [0.25, 0.3) is 5.69 Å². The van der Waals surface area contributed by atoms with Gasteiger partial charge in [-0.3, -0.25) is 4.79 Å². The van der Waals surface area contributed by atoms with Crippen molar-refractivity contribution in [1.29, 1.82) is 0 Å². The van der Waals surface area contributed by atoms with E-state index in [1.165, 1.54) is 0 Å². The van der Waals surface area contributed by atoms with E-state index in [-0.39, 0.29) is 18.3 Å². The fourth-order valence-electron chi connectivity index (χ4n) is 1.56. The molecule has 0 saturated carbocycles. The van der Waals surface area contributed by atoms with E-state index in [1.807, 2.05) is 37.3 Å². The number of carbonyl (C=O) groups is 1. The van der Waals surface area contributed by atoms with Crippen LogP contribution in [0.15, 0.2) is 53.8 Å². The van der Waals surface area contributed by atoms with Gasteiger partial charge >= 0.3 is 0 Å². The molecule has 19 heavy (non-hydrogen) atoms. The van der Waals surface area contributed by atoms with Crippen molar-refractivity contribution in [2.45, 2.75) is 19.8 Å². The van der Waals surface area contributed by atoms with Crippen molar-refractivity contribution < 1.29 is 4.79 Å². The molecular weight excluding hydrogens is 262 g/mol. The molecule has 0 spiro atoms. The first-order chi connectivity index (χ1) is 8.79. The molecule has 1 aromatic carbocycles.